The highest BCUT2D eigenvalue weighted by Crippen LogP contribution is 2.35. The molecule has 0 aliphatic heterocycles. The van der Waals surface area contributed by atoms with E-state index >= 15 is 0 Å². The van der Waals surface area contributed by atoms with Gasteiger partial charge in [0.25, 0.3) is 0 Å². The monoisotopic (exact) mass is 510 g/mol. The fraction of sp³-hybridized carbons (Fsp3) is 0.375. The average molecular weight is 510 g/mol. The van der Waals surface area contributed by atoms with Gasteiger partial charge in [-0.2, -0.15) is 18.3 Å². The van der Waals surface area contributed by atoms with E-state index in [1.54, 1.807) is 46.0 Å². The molecule has 2 N–H and O–H groups in total. The van der Waals surface area contributed by atoms with Gasteiger partial charge in [-0.25, -0.2) is 9.18 Å². The summed E-state index contributed by atoms with van der Waals surface area (Å²) in [5.74, 6) is -0.902. The zero-order valence-corrected chi connectivity index (χ0v) is 20.1. The molecule has 0 spiro atoms. The van der Waals surface area contributed by atoms with Gasteiger partial charge in [0.1, 0.15) is 17.2 Å². The van der Waals surface area contributed by atoms with E-state index in [0.717, 1.165) is 18.2 Å². The van der Waals surface area contributed by atoms with Crippen molar-refractivity contribution >= 4 is 28.7 Å². The molecule has 3 rings (SSSR count). The van der Waals surface area contributed by atoms with Crippen molar-refractivity contribution in [2.24, 2.45) is 7.05 Å². The van der Waals surface area contributed by atoms with Crippen LogP contribution in [0, 0.1) is 5.82 Å². The fourth-order valence-corrected chi connectivity index (χ4v) is 3.32. The smallest absolute Gasteiger partial charge is 0.422 e. The standard InChI is InChI=1S/C24H26F4N4O4/c1-23(2,3)36-22(34)29-10-9-20(33)30-21-16-7-5-14(11-18(16)32(4)31-21)17-12-15(25)6-8-19(17)35-13-24(26,27)28/h5-8,11-12H,9-10,13H2,1-4H3,(H,29,34)(H,30,31,33). The van der Waals surface area contributed by atoms with Crippen LogP contribution in [0.4, 0.5) is 28.2 Å². The van der Waals surface area contributed by atoms with E-state index < -0.39 is 36.2 Å². The Morgan fingerprint density at radius 1 is 1.08 bits per heavy atom. The predicted molar refractivity (Wildman–Crippen MR) is 125 cm³/mol. The summed E-state index contributed by atoms with van der Waals surface area (Å²) >= 11 is 0. The summed E-state index contributed by atoms with van der Waals surface area (Å²) in [7, 11) is 1.62. The maximum absolute atomic E-state index is 13.9. The first-order valence-electron chi connectivity index (χ1n) is 10.9. The van der Waals surface area contributed by atoms with Crippen LogP contribution in [0.2, 0.25) is 0 Å². The molecule has 0 fully saturated rings. The molecule has 36 heavy (non-hydrogen) atoms. The second kappa shape index (κ2) is 10.4. The van der Waals surface area contributed by atoms with Crippen LogP contribution in [0.5, 0.6) is 5.75 Å². The molecule has 12 heteroatoms. The van der Waals surface area contributed by atoms with E-state index in [1.807, 2.05) is 0 Å². The molecule has 8 nitrogen and oxygen atoms in total. The van der Waals surface area contributed by atoms with Crippen molar-refractivity contribution < 1.29 is 36.6 Å². The molecular formula is C24H26F4N4O4. The Morgan fingerprint density at radius 3 is 2.47 bits per heavy atom. The third-order valence-electron chi connectivity index (χ3n) is 4.77. The molecule has 0 radical (unpaired) electrons. The highest BCUT2D eigenvalue weighted by Gasteiger charge is 2.29. The lowest BCUT2D eigenvalue weighted by Gasteiger charge is -2.19. The molecule has 0 saturated carbocycles. The summed E-state index contributed by atoms with van der Waals surface area (Å²) in [6, 6.07) is 8.04. The Kier molecular flexibility index (Phi) is 7.75. The van der Waals surface area contributed by atoms with Gasteiger partial charge in [-0.15, -0.1) is 0 Å². The molecule has 0 atom stereocenters. The molecule has 1 aromatic heterocycles. The van der Waals surface area contributed by atoms with Gasteiger partial charge in [-0.3, -0.25) is 9.48 Å². The first kappa shape index (κ1) is 26.8. The third kappa shape index (κ3) is 7.33. The Hall–Kier alpha value is -3.83. The van der Waals surface area contributed by atoms with Gasteiger partial charge in [-0.05, 0) is 56.7 Å². The summed E-state index contributed by atoms with van der Waals surface area (Å²) < 4.78 is 63.3. The number of rotatable bonds is 7. The topological polar surface area (TPSA) is 94.5 Å². The first-order valence-corrected chi connectivity index (χ1v) is 10.9. The van der Waals surface area contributed by atoms with Crippen LogP contribution in [0.3, 0.4) is 0 Å². The van der Waals surface area contributed by atoms with Gasteiger partial charge < -0.3 is 20.1 Å². The van der Waals surface area contributed by atoms with Crippen LogP contribution in [-0.2, 0) is 16.6 Å². The second-order valence-electron chi connectivity index (χ2n) is 8.98. The number of alkyl carbamates (subject to hydrolysis) is 1. The first-order chi connectivity index (χ1) is 16.7. The van der Waals surface area contributed by atoms with Crippen LogP contribution in [0.25, 0.3) is 22.0 Å². The maximum atomic E-state index is 13.9. The third-order valence-corrected chi connectivity index (χ3v) is 4.77. The minimum Gasteiger partial charge on any atom is -0.483 e. The SMILES string of the molecule is Cn1nc(NC(=O)CCNC(=O)OC(C)(C)C)c2ccc(-c3cc(F)ccc3OCC(F)(F)F)cc21. The van der Waals surface area contributed by atoms with Crippen molar-refractivity contribution in [1.29, 1.82) is 0 Å². The van der Waals surface area contributed by atoms with E-state index in [1.165, 1.54) is 4.68 Å². The van der Waals surface area contributed by atoms with Gasteiger partial charge in [-0.1, -0.05) is 6.07 Å². The highest BCUT2D eigenvalue weighted by molar-refractivity contribution is 6.01. The highest BCUT2D eigenvalue weighted by atomic mass is 19.4. The molecule has 0 aliphatic carbocycles. The van der Waals surface area contributed by atoms with Crippen LogP contribution < -0.4 is 15.4 Å². The predicted octanol–water partition coefficient (Wildman–Crippen LogP) is 5.17. The number of fused-ring (bicyclic) bond motifs is 1. The van der Waals surface area contributed by atoms with Crippen molar-refractivity contribution in [1.82, 2.24) is 15.1 Å². The molecule has 0 aliphatic rings. The lowest BCUT2D eigenvalue weighted by atomic mass is 10.0. The lowest BCUT2D eigenvalue weighted by Crippen LogP contribution is -2.34. The Bertz CT molecular complexity index is 1270. The number of halogens is 4. The number of benzene rings is 2. The van der Waals surface area contributed by atoms with Crippen molar-refractivity contribution in [2.45, 2.75) is 39.0 Å². The van der Waals surface area contributed by atoms with E-state index in [0.29, 0.717) is 16.5 Å². The van der Waals surface area contributed by atoms with Crippen LogP contribution >= 0.6 is 0 Å². The Morgan fingerprint density at radius 2 is 1.81 bits per heavy atom. The molecule has 0 unspecified atom stereocenters. The number of hydrogen-bond donors (Lipinski definition) is 2. The minimum absolute atomic E-state index is 0.0292. The molecule has 0 saturated heterocycles. The number of aromatic nitrogens is 2. The lowest BCUT2D eigenvalue weighted by molar-refractivity contribution is -0.153. The summed E-state index contributed by atoms with van der Waals surface area (Å²) in [5.41, 5.74) is 0.429. The number of ether oxygens (including phenoxy) is 2. The number of alkyl halides is 3. The second-order valence-corrected chi connectivity index (χ2v) is 8.98. The molecule has 2 amide bonds. The molecule has 0 bridgehead atoms. The molecule has 1 heterocycles. The zero-order valence-electron chi connectivity index (χ0n) is 20.1. The number of aryl methyl sites for hydroxylation is 1. The van der Waals surface area contributed by atoms with Crippen LogP contribution in [0.15, 0.2) is 36.4 Å². The van der Waals surface area contributed by atoms with Gasteiger partial charge in [0.15, 0.2) is 12.4 Å². The minimum atomic E-state index is -4.55. The summed E-state index contributed by atoms with van der Waals surface area (Å²) in [5, 5.41) is 10.0. The number of anilines is 1. The van der Waals surface area contributed by atoms with Gasteiger partial charge in [0.2, 0.25) is 5.91 Å². The normalized spacial score (nSPS) is 11.9. The van der Waals surface area contributed by atoms with Gasteiger partial charge in [0, 0.05) is 31.0 Å². The summed E-state index contributed by atoms with van der Waals surface area (Å²) in [6.45, 7) is 3.71. The average Bonchev–Trinajstić information content (AvgIpc) is 3.05. The van der Waals surface area contributed by atoms with Crippen molar-refractivity contribution in [2.75, 3.05) is 18.5 Å². The van der Waals surface area contributed by atoms with E-state index in [9.17, 15) is 27.2 Å². The number of nitrogens with zero attached hydrogens (tertiary/aromatic N) is 2. The largest absolute Gasteiger partial charge is 0.483 e. The van der Waals surface area contributed by atoms with Crippen molar-refractivity contribution in [3.63, 3.8) is 0 Å². The summed E-state index contributed by atoms with van der Waals surface area (Å²) in [6.07, 6.45) is -5.21. The molecule has 2 aromatic carbocycles. The number of nitrogens with one attached hydrogen (secondary N) is 2. The number of carbonyl (C=O) groups is 2. The quantitative estimate of drug-likeness (QED) is 0.428. The Balaban J connectivity index is 1.75. The van der Waals surface area contributed by atoms with E-state index in [-0.39, 0.29) is 30.1 Å². The number of amides is 2. The number of carbonyl (C=O) groups excluding carboxylic acids is 2. The van der Waals surface area contributed by atoms with Crippen molar-refractivity contribution in [3.05, 3.63) is 42.2 Å². The van der Waals surface area contributed by atoms with Gasteiger partial charge in [0.05, 0.1) is 5.52 Å². The molecule has 194 valence electrons. The maximum Gasteiger partial charge on any atom is 0.422 e. The zero-order chi connectivity index (χ0) is 26.7. The Labute approximate surface area is 204 Å². The van der Waals surface area contributed by atoms with Crippen LogP contribution in [0.1, 0.15) is 27.2 Å². The van der Waals surface area contributed by atoms with Crippen LogP contribution in [-0.4, -0.2) is 46.7 Å². The van der Waals surface area contributed by atoms with E-state index in [4.69, 9.17) is 9.47 Å². The van der Waals surface area contributed by atoms with Crippen molar-refractivity contribution in [3.8, 4) is 16.9 Å². The number of hydrogen-bond acceptors (Lipinski definition) is 5. The summed E-state index contributed by atoms with van der Waals surface area (Å²) in [4.78, 5) is 24.0. The fourth-order valence-electron chi connectivity index (χ4n) is 3.32. The molecule has 3 aromatic rings. The molecular weight excluding hydrogens is 484 g/mol. The van der Waals surface area contributed by atoms with E-state index in [2.05, 4.69) is 15.7 Å². The van der Waals surface area contributed by atoms with Gasteiger partial charge >= 0.3 is 12.3 Å².